The summed E-state index contributed by atoms with van der Waals surface area (Å²) in [4.78, 5) is 2.36. The molecule has 0 amide bonds. The van der Waals surface area contributed by atoms with E-state index in [0.717, 1.165) is 19.6 Å². The van der Waals surface area contributed by atoms with Crippen molar-refractivity contribution in [3.63, 3.8) is 0 Å². The summed E-state index contributed by atoms with van der Waals surface area (Å²) < 4.78 is 0. The van der Waals surface area contributed by atoms with Crippen LogP contribution >= 0.6 is 0 Å². The minimum atomic E-state index is 0.564. The fraction of sp³-hybridized carbons (Fsp3) is 0.625. The fourth-order valence-electron chi connectivity index (χ4n) is 2.72. The zero-order chi connectivity index (χ0) is 12.8. The fourth-order valence-corrected chi connectivity index (χ4v) is 2.72. The smallest absolute Gasteiger partial charge is 0.0323 e. The van der Waals surface area contributed by atoms with Crippen LogP contribution in [0.15, 0.2) is 24.3 Å². The Labute approximate surface area is 111 Å². The topological polar surface area (TPSA) is 15.3 Å². The highest BCUT2D eigenvalue weighted by Crippen LogP contribution is 2.28. The van der Waals surface area contributed by atoms with Crippen LogP contribution in [-0.2, 0) is 6.42 Å². The van der Waals surface area contributed by atoms with Gasteiger partial charge in [0.15, 0.2) is 0 Å². The second kappa shape index (κ2) is 6.91. The third kappa shape index (κ3) is 3.56. The van der Waals surface area contributed by atoms with Crippen molar-refractivity contribution < 1.29 is 0 Å². The summed E-state index contributed by atoms with van der Waals surface area (Å²) in [7, 11) is 2.18. The molecule has 1 unspecified atom stereocenters. The molecular weight excluding hydrogens is 220 g/mol. The number of rotatable bonds is 5. The van der Waals surface area contributed by atoms with E-state index in [1.54, 1.807) is 5.56 Å². The lowest BCUT2D eigenvalue weighted by molar-refractivity contribution is 0.336. The van der Waals surface area contributed by atoms with Gasteiger partial charge in [0.2, 0.25) is 0 Å². The van der Waals surface area contributed by atoms with Crippen LogP contribution in [0.25, 0.3) is 0 Å². The molecule has 2 nitrogen and oxygen atoms in total. The Morgan fingerprint density at radius 1 is 1.28 bits per heavy atom. The lowest BCUT2D eigenvalue weighted by Gasteiger charge is -2.21. The predicted molar refractivity (Wildman–Crippen MR) is 77.9 cm³/mol. The Kier molecular flexibility index (Phi) is 5.21. The highest BCUT2D eigenvalue weighted by atomic mass is 15.1. The van der Waals surface area contributed by atoms with E-state index in [2.05, 4.69) is 48.5 Å². The Hall–Kier alpha value is -0.860. The molecule has 1 aliphatic carbocycles. The van der Waals surface area contributed by atoms with Crippen LogP contribution in [0.3, 0.4) is 0 Å². The number of benzene rings is 1. The quantitative estimate of drug-likeness (QED) is 0.804. The van der Waals surface area contributed by atoms with E-state index in [9.17, 15) is 0 Å². The molecule has 100 valence electrons. The highest BCUT2D eigenvalue weighted by Gasteiger charge is 2.17. The van der Waals surface area contributed by atoms with Crippen molar-refractivity contribution in [3.8, 4) is 0 Å². The Morgan fingerprint density at radius 3 is 2.94 bits per heavy atom. The Morgan fingerprint density at radius 2 is 2.11 bits per heavy atom. The standard InChI is InChI=1S/C16H26N2/c1-3-18(2)13-12-17-16-11-7-5-9-14-8-4-6-10-15(14)16/h4,6,8,10,16-17H,3,5,7,9,11-13H2,1-2H3. The minimum absolute atomic E-state index is 0.564. The zero-order valence-corrected chi connectivity index (χ0v) is 11.8. The summed E-state index contributed by atoms with van der Waals surface area (Å²) in [5.41, 5.74) is 3.09. The molecule has 0 aliphatic heterocycles. The SMILES string of the molecule is CCN(C)CCNC1CCCCc2ccccc21. The number of nitrogens with one attached hydrogen (secondary N) is 1. The monoisotopic (exact) mass is 246 g/mol. The van der Waals surface area contributed by atoms with Crippen LogP contribution in [0, 0.1) is 0 Å². The van der Waals surface area contributed by atoms with Crippen molar-refractivity contribution in [3.05, 3.63) is 35.4 Å². The van der Waals surface area contributed by atoms with Gasteiger partial charge >= 0.3 is 0 Å². The molecule has 0 heterocycles. The van der Waals surface area contributed by atoms with Crippen molar-refractivity contribution in [2.24, 2.45) is 0 Å². The van der Waals surface area contributed by atoms with E-state index in [-0.39, 0.29) is 0 Å². The van der Waals surface area contributed by atoms with Crippen LogP contribution in [0.4, 0.5) is 0 Å². The summed E-state index contributed by atoms with van der Waals surface area (Å²) >= 11 is 0. The summed E-state index contributed by atoms with van der Waals surface area (Å²) in [6, 6.07) is 9.52. The van der Waals surface area contributed by atoms with E-state index >= 15 is 0 Å². The highest BCUT2D eigenvalue weighted by molar-refractivity contribution is 5.31. The molecule has 1 atom stereocenters. The van der Waals surface area contributed by atoms with Crippen molar-refractivity contribution in [1.82, 2.24) is 10.2 Å². The van der Waals surface area contributed by atoms with Gasteiger partial charge in [-0.25, -0.2) is 0 Å². The Balaban J connectivity index is 1.95. The third-order valence-electron chi connectivity index (χ3n) is 4.04. The average molecular weight is 246 g/mol. The molecule has 0 fully saturated rings. The van der Waals surface area contributed by atoms with E-state index in [1.165, 1.54) is 31.2 Å². The maximum Gasteiger partial charge on any atom is 0.0323 e. The van der Waals surface area contributed by atoms with Crippen molar-refractivity contribution in [2.45, 2.75) is 38.6 Å². The van der Waals surface area contributed by atoms with Crippen LogP contribution in [0.1, 0.15) is 43.4 Å². The first-order valence-electron chi connectivity index (χ1n) is 7.31. The molecule has 0 saturated heterocycles. The molecule has 18 heavy (non-hydrogen) atoms. The first-order chi connectivity index (χ1) is 8.81. The average Bonchev–Trinajstić information content (AvgIpc) is 2.61. The van der Waals surface area contributed by atoms with Gasteiger partial charge < -0.3 is 10.2 Å². The lowest BCUT2D eigenvalue weighted by atomic mass is 9.99. The zero-order valence-electron chi connectivity index (χ0n) is 11.8. The second-order valence-electron chi connectivity index (χ2n) is 5.35. The predicted octanol–water partition coefficient (Wildman–Crippen LogP) is 3.00. The molecule has 2 heteroatoms. The normalized spacial score (nSPS) is 19.6. The number of hydrogen-bond donors (Lipinski definition) is 1. The first-order valence-corrected chi connectivity index (χ1v) is 7.31. The molecule has 0 aromatic heterocycles. The van der Waals surface area contributed by atoms with Gasteiger partial charge in [0.05, 0.1) is 0 Å². The molecule has 0 spiro atoms. The lowest BCUT2D eigenvalue weighted by Crippen LogP contribution is -2.31. The third-order valence-corrected chi connectivity index (χ3v) is 4.04. The molecule has 1 aliphatic rings. The maximum atomic E-state index is 3.74. The van der Waals surface area contributed by atoms with E-state index in [0.29, 0.717) is 6.04 Å². The van der Waals surface area contributed by atoms with Gasteiger partial charge in [0.1, 0.15) is 0 Å². The molecule has 1 aromatic carbocycles. The summed E-state index contributed by atoms with van der Waals surface area (Å²) in [6.45, 7) is 5.56. The van der Waals surface area contributed by atoms with Gasteiger partial charge in [-0.15, -0.1) is 0 Å². The van der Waals surface area contributed by atoms with Gasteiger partial charge in [-0.1, -0.05) is 37.6 Å². The van der Waals surface area contributed by atoms with E-state index in [4.69, 9.17) is 0 Å². The number of aryl methyl sites for hydroxylation is 1. The first kappa shape index (κ1) is 13.6. The van der Waals surface area contributed by atoms with Gasteiger partial charge in [0.25, 0.3) is 0 Å². The molecule has 1 N–H and O–H groups in total. The molecule has 0 bridgehead atoms. The van der Waals surface area contributed by atoms with Gasteiger partial charge in [-0.05, 0) is 44.0 Å². The number of likely N-dealkylation sites (N-methyl/N-ethyl adjacent to an activating group) is 1. The van der Waals surface area contributed by atoms with Crippen LogP contribution in [0.2, 0.25) is 0 Å². The minimum Gasteiger partial charge on any atom is -0.309 e. The van der Waals surface area contributed by atoms with Gasteiger partial charge in [-0.2, -0.15) is 0 Å². The van der Waals surface area contributed by atoms with Crippen molar-refractivity contribution in [2.75, 3.05) is 26.7 Å². The van der Waals surface area contributed by atoms with Crippen LogP contribution in [-0.4, -0.2) is 31.6 Å². The van der Waals surface area contributed by atoms with E-state index in [1.807, 2.05) is 0 Å². The summed E-state index contributed by atoms with van der Waals surface area (Å²) in [5.74, 6) is 0. The summed E-state index contributed by atoms with van der Waals surface area (Å²) in [5, 5.41) is 3.74. The molecule has 0 radical (unpaired) electrons. The molecule has 2 rings (SSSR count). The number of fused-ring (bicyclic) bond motifs is 1. The molecular formula is C16H26N2. The Bertz CT molecular complexity index is 362. The molecule has 0 saturated carbocycles. The van der Waals surface area contributed by atoms with Crippen molar-refractivity contribution >= 4 is 0 Å². The molecule has 1 aromatic rings. The largest absolute Gasteiger partial charge is 0.309 e. The van der Waals surface area contributed by atoms with Gasteiger partial charge in [-0.3, -0.25) is 0 Å². The van der Waals surface area contributed by atoms with Crippen molar-refractivity contribution in [1.29, 1.82) is 0 Å². The van der Waals surface area contributed by atoms with Gasteiger partial charge in [0, 0.05) is 19.1 Å². The van der Waals surface area contributed by atoms with Crippen LogP contribution < -0.4 is 5.32 Å². The number of hydrogen-bond acceptors (Lipinski definition) is 2. The number of nitrogens with zero attached hydrogens (tertiary/aromatic N) is 1. The maximum absolute atomic E-state index is 3.74. The summed E-state index contributed by atoms with van der Waals surface area (Å²) in [6.07, 6.45) is 5.22. The van der Waals surface area contributed by atoms with E-state index < -0.39 is 0 Å². The second-order valence-corrected chi connectivity index (χ2v) is 5.35. The van der Waals surface area contributed by atoms with Crippen LogP contribution in [0.5, 0.6) is 0 Å².